The van der Waals surface area contributed by atoms with Crippen LogP contribution in [-0.2, 0) is 4.79 Å². The van der Waals surface area contributed by atoms with E-state index >= 15 is 0 Å². The average molecular weight is 382 g/mol. The zero-order chi connectivity index (χ0) is 19.0. The first-order valence-corrected chi connectivity index (χ1v) is 10.8. The first kappa shape index (κ1) is 22.7. The van der Waals surface area contributed by atoms with Crippen LogP contribution in [-0.4, -0.2) is 32.4 Å². The standard InChI is InChI=1S/C21H35NO3S/c1-4-5-6-7-8-9-10-11-12-21(23)22-15-16-26-18-13-14-19(24-2)20(17-18)25-3/h13-14,17H,4-12,15-16H2,1-3H3,(H,22,23). The number of unbranched alkanes of at least 4 members (excludes halogenated alkanes) is 7. The van der Waals surface area contributed by atoms with E-state index in [1.54, 1.807) is 26.0 Å². The first-order chi connectivity index (χ1) is 12.7. The van der Waals surface area contributed by atoms with E-state index in [2.05, 4.69) is 12.2 Å². The minimum Gasteiger partial charge on any atom is -0.493 e. The molecule has 5 heteroatoms. The molecule has 0 aliphatic heterocycles. The van der Waals surface area contributed by atoms with Crippen LogP contribution in [0.3, 0.4) is 0 Å². The van der Waals surface area contributed by atoms with Crippen molar-refractivity contribution in [2.45, 2.75) is 69.6 Å². The van der Waals surface area contributed by atoms with Crippen molar-refractivity contribution in [3.8, 4) is 11.5 Å². The van der Waals surface area contributed by atoms with Crippen LogP contribution in [0.4, 0.5) is 0 Å². The minimum absolute atomic E-state index is 0.170. The number of methoxy groups -OCH3 is 2. The number of ether oxygens (including phenoxy) is 2. The molecule has 0 atom stereocenters. The van der Waals surface area contributed by atoms with Crippen LogP contribution in [0.25, 0.3) is 0 Å². The van der Waals surface area contributed by atoms with Gasteiger partial charge in [0.2, 0.25) is 5.91 Å². The van der Waals surface area contributed by atoms with E-state index in [0.29, 0.717) is 13.0 Å². The Morgan fingerprint density at radius 3 is 2.27 bits per heavy atom. The molecule has 0 radical (unpaired) electrons. The maximum Gasteiger partial charge on any atom is 0.220 e. The highest BCUT2D eigenvalue weighted by atomic mass is 32.2. The Kier molecular flexibility index (Phi) is 12.9. The number of thioether (sulfide) groups is 1. The second kappa shape index (κ2) is 14.8. The fraction of sp³-hybridized carbons (Fsp3) is 0.667. The Hall–Kier alpha value is -1.36. The lowest BCUT2D eigenvalue weighted by Gasteiger charge is -2.09. The van der Waals surface area contributed by atoms with Crippen molar-refractivity contribution in [2.24, 2.45) is 0 Å². The second-order valence-corrected chi connectivity index (χ2v) is 7.61. The molecule has 0 unspecified atom stereocenters. The molecule has 0 heterocycles. The van der Waals surface area contributed by atoms with Crippen molar-refractivity contribution >= 4 is 17.7 Å². The molecule has 1 rings (SSSR count). The highest BCUT2D eigenvalue weighted by molar-refractivity contribution is 7.99. The number of carbonyl (C=O) groups is 1. The summed E-state index contributed by atoms with van der Waals surface area (Å²) in [5, 5.41) is 3.01. The summed E-state index contributed by atoms with van der Waals surface area (Å²) in [5.74, 6) is 2.48. The average Bonchev–Trinajstić information content (AvgIpc) is 2.67. The van der Waals surface area contributed by atoms with Crippen molar-refractivity contribution in [3.63, 3.8) is 0 Å². The zero-order valence-electron chi connectivity index (χ0n) is 16.6. The third-order valence-corrected chi connectivity index (χ3v) is 5.30. The van der Waals surface area contributed by atoms with E-state index in [-0.39, 0.29) is 5.91 Å². The Balaban J connectivity index is 2.06. The lowest BCUT2D eigenvalue weighted by molar-refractivity contribution is -0.121. The van der Waals surface area contributed by atoms with Gasteiger partial charge in [0.05, 0.1) is 14.2 Å². The van der Waals surface area contributed by atoms with Crippen LogP contribution in [0.5, 0.6) is 11.5 Å². The van der Waals surface area contributed by atoms with Gasteiger partial charge in [-0.1, -0.05) is 51.9 Å². The Morgan fingerprint density at radius 2 is 1.62 bits per heavy atom. The van der Waals surface area contributed by atoms with Gasteiger partial charge in [-0.15, -0.1) is 11.8 Å². The van der Waals surface area contributed by atoms with Crippen LogP contribution >= 0.6 is 11.8 Å². The fourth-order valence-electron chi connectivity index (χ4n) is 2.77. The molecule has 0 fully saturated rings. The van der Waals surface area contributed by atoms with Crippen molar-refractivity contribution < 1.29 is 14.3 Å². The van der Waals surface area contributed by atoms with Gasteiger partial charge in [0.25, 0.3) is 0 Å². The molecule has 0 aromatic heterocycles. The molecule has 0 spiro atoms. The van der Waals surface area contributed by atoms with E-state index in [0.717, 1.165) is 28.6 Å². The molecule has 0 aliphatic carbocycles. The van der Waals surface area contributed by atoms with E-state index in [1.807, 2.05) is 18.2 Å². The minimum atomic E-state index is 0.170. The predicted molar refractivity (Wildman–Crippen MR) is 111 cm³/mol. The van der Waals surface area contributed by atoms with Crippen LogP contribution in [0.2, 0.25) is 0 Å². The van der Waals surface area contributed by atoms with Crippen molar-refractivity contribution in [1.29, 1.82) is 0 Å². The van der Waals surface area contributed by atoms with Crippen molar-refractivity contribution in [3.05, 3.63) is 18.2 Å². The summed E-state index contributed by atoms with van der Waals surface area (Å²) in [4.78, 5) is 13.0. The Labute approximate surface area is 163 Å². The van der Waals surface area contributed by atoms with Gasteiger partial charge in [0, 0.05) is 23.6 Å². The van der Waals surface area contributed by atoms with Crippen LogP contribution in [0.1, 0.15) is 64.7 Å². The molecular weight excluding hydrogens is 346 g/mol. The number of hydrogen-bond acceptors (Lipinski definition) is 4. The maximum absolute atomic E-state index is 11.9. The number of amides is 1. The van der Waals surface area contributed by atoms with Gasteiger partial charge in [-0.25, -0.2) is 0 Å². The second-order valence-electron chi connectivity index (χ2n) is 6.44. The summed E-state index contributed by atoms with van der Waals surface area (Å²) in [7, 11) is 3.27. The van der Waals surface area contributed by atoms with Gasteiger partial charge in [0.1, 0.15) is 0 Å². The van der Waals surface area contributed by atoms with E-state index in [4.69, 9.17) is 9.47 Å². The lowest BCUT2D eigenvalue weighted by atomic mass is 10.1. The van der Waals surface area contributed by atoms with Crippen molar-refractivity contribution in [2.75, 3.05) is 26.5 Å². The molecule has 26 heavy (non-hydrogen) atoms. The monoisotopic (exact) mass is 381 g/mol. The highest BCUT2D eigenvalue weighted by Crippen LogP contribution is 2.31. The van der Waals surface area contributed by atoms with Crippen LogP contribution in [0, 0.1) is 0 Å². The van der Waals surface area contributed by atoms with Gasteiger partial charge in [-0.05, 0) is 24.6 Å². The van der Waals surface area contributed by atoms with Gasteiger partial charge in [-0.2, -0.15) is 0 Å². The third-order valence-electron chi connectivity index (χ3n) is 4.31. The van der Waals surface area contributed by atoms with Gasteiger partial charge in [0.15, 0.2) is 11.5 Å². The predicted octanol–water partition coefficient (Wildman–Crippen LogP) is 5.44. The third kappa shape index (κ3) is 9.95. The van der Waals surface area contributed by atoms with Gasteiger partial charge < -0.3 is 14.8 Å². The van der Waals surface area contributed by atoms with E-state index < -0.39 is 0 Å². The smallest absolute Gasteiger partial charge is 0.220 e. The molecule has 1 N–H and O–H groups in total. The number of carbonyl (C=O) groups excluding carboxylic acids is 1. The highest BCUT2D eigenvalue weighted by Gasteiger charge is 2.05. The summed E-state index contributed by atoms with van der Waals surface area (Å²) in [6.45, 7) is 2.93. The molecule has 0 saturated heterocycles. The Morgan fingerprint density at radius 1 is 0.962 bits per heavy atom. The first-order valence-electron chi connectivity index (χ1n) is 9.82. The molecular formula is C21H35NO3S. The molecule has 1 aromatic rings. The summed E-state index contributed by atoms with van der Waals surface area (Å²) in [5.41, 5.74) is 0. The number of benzene rings is 1. The Bertz CT molecular complexity index is 508. The van der Waals surface area contributed by atoms with E-state index in [9.17, 15) is 4.79 Å². The normalized spacial score (nSPS) is 10.6. The summed E-state index contributed by atoms with van der Waals surface area (Å²) < 4.78 is 10.5. The maximum atomic E-state index is 11.9. The molecule has 4 nitrogen and oxygen atoms in total. The fourth-order valence-corrected chi connectivity index (χ4v) is 3.57. The topological polar surface area (TPSA) is 47.6 Å². The summed E-state index contributed by atoms with van der Waals surface area (Å²) in [6, 6.07) is 5.88. The molecule has 148 valence electrons. The van der Waals surface area contributed by atoms with Gasteiger partial charge >= 0.3 is 0 Å². The summed E-state index contributed by atoms with van der Waals surface area (Å²) >= 11 is 1.70. The number of hydrogen-bond donors (Lipinski definition) is 1. The quantitative estimate of drug-likeness (QED) is 0.324. The molecule has 0 bridgehead atoms. The largest absolute Gasteiger partial charge is 0.493 e. The molecule has 0 saturated carbocycles. The number of rotatable bonds is 15. The van der Waals surface area contributed by atoms with E-state index in [1.165, 1.54) is 44.9 Å². The molecule has 1 amide bonds. The van der Waals surface area contributed by atoms with Crippen LogP contribution < -0.4 is 14.8 Å². The van der Waals surface area contributed by atoms with Gasteiger partial charge in [-0.3, -0.25) is 4.79 Å². The van der Waals surface area contributed by atoms with Crippen molar-refractivity contribution in [1.82, 2.24) is 5.32 Å². The van der Waals surface area contributed by atoms with Crippen LogP contribution in [0.15, 0.2) is 23.1 Å². The summed E-state index contributed by atoms with van der Waals surface area (Å²) in [6.07, 6.45) is 10.7. The zero-order valence-corrected chi connectivity index (χ0v) is 17.5. The molecule has 1 aromatic carbocycles. The SMILES string of the molecule is CCCCCCCCCCC(=O)NCCSc1ccc(OC)c(OC)c1. The lowest BCUT2D eigenvalue weighted by Crippen LogP contribution is -2.25. The number of nitrogens with one attached hydrogen (secondary N) is 1. The molecule has 0 aliphatic rings.